The SMILES string of the molecule is CC(C)(C)C(NC1CCCNC1)c1ccc(F)cc1. The number of nitrogens with one attached hydrogen (secondary N) is 2. The van der Waals surface area contributed by atoms with Crippen LogP contribution in [0.1, 0.15) is 45.2 Å². The maximum absolute atomic E-state index is 13.1. The van der Waals surface area contributed by atoms with Gasteiger partial charge in [-0.3, -0.25) is 0 Å². The summed E-state index contributed by atoms with van der Waals surface area (Å²) in [5.41, 5.74) is 1.27. The van der Waals surface area contributed by atoms with E-state index in [0.717, 1.165) is 13.1 Å². The van der Waals surface area contributed by atoms with Crippen LogP contribution in [-0.2, 0) is 0 Å². The van der Waals surface area contributed by atoms with Crippen LogP contribution in [0.25, 0.3) is 0 Å². The number of rotatable bonds is 3. The summed E-state index contributed by atoms with van der Waals surface area (Å²) in [7, 11) is 0. The third-order valence-corrected chi connectivity index (χ3v) is 3.77. The molecule has 1 aliphatic rings. The molecular weight excluding hydrogens is 239 g/mol. The second-order valence-corrected chi connectivity index (χ2v) is 6.56. The molecule has 1 aromatic rings. The van der Waals surface area contributed by atoms with Gasteiger partial charge in [0.2, 0.25) is 0 Å². The van der Waals surface area contributed by atoms with E-state index in [2.05, 4.69) is 31.4 Å². The number of benzene rings is 1. The van der Waals surface area contributed by atoms with Gasteiger partial charge in [-0.15, -0.1) is 0 Å². The van der Waals surface area contributed by atoms with Gasteiger partial charge in [-0.2, -0.15) is 0 Å². The first kappa shape index (κ1) is 14.5. The van der Waals surface area contributed by atoms with Crippen LogP contribution in [-0.4, -0.2) is 19.1 Å². The summed E-state index contributed by atoms with van der Waals surface area (Å²) >= 11 is 0. The van der Waals surface area contributed by atoms with E-state index in [4.69, 9.17) is 0 Å². The third kappa shape index (κ3) is 4.02. The van der Waals surface area contributed by atoms with Gasteiger partial charge in [0.15, 0.2) is 0 Å². The fraction of sp³-hybridized carbons (Fsp3) is 0.625. The summed E-state index contributed by atoms with van der Waals surface area (Å²) in [6.45, 7) is 8.82. The quantitative estimate of drug-likeness (QED) is 0.875. The van der Waals surface area contributed by atoms with Crippen LogP contribution >= 0.6 is 0 Å². The van der Waals surface area contributed by atoms with Gasteiger partial charge in [0, 0.05) is 18.6 Å². The first-order valence-electron chi connectivity index (χ1n) is 7.19. The van der Waals surface area contributed by atoms with E-state index in [1.165, 1.54) is 18.4 Å². The Balaban J connectivity index is 2.13. The number of halogens is 1. The first-order valence-corrected chi connectivity index (χ1v) is 7.19. The van der Waals surface area contributed by atoms with Gasteiger partial charge in [-0.05, 0) is 42.5 Å². The minimum atomic E-state index is -0.171. The van der Waals surface area contributed by atoms with Gasteiger partial charge in [0.25, 0.3) is 0 Å². The van der Waals surface area contributed by atoms with E-state index in [9.17, 15) is 4.39 Å². The van der Waals surface area contributed by atoms with Gasteiger partial charge in [0.1, 0.15) is 5.82 Å². The minimum Gasteiger partial charge on any atom is -0.315 e. The van der Waals surface area contributed by atoms with Crippen LogP contribution in [0.15, 0.2) is 24.3 Å². The Bertz CT molecular complexity index is 388. The number of piperidine rings is 1. The molecule has 0 spiro atoms. The summed E-state index contributed by atoms with van der Waals surface area (Å²) in [6, 6.07) is 7.65. The Morgan fingerprint density at radius 3 is 2.47 bits per heavy atom. The molecule has 2 nitrogen and oxygen atoms in total. The molecule has 106 valence electrons. The van der Waals surface area contributed by atoms with Crippen LogP contribution in [0.2, 0.25) is 0 Å². The van der Waals surface area contributed by atoms with Gasteiger partial charge in [0.05, 0.1) is 0 Å². The van der Waals surface area contributed by atoms with Gasteiger partial charge in [-0.1, -0.05) is 32.9 Å². The molecule has 0 aromatic heterocycles. The Kier molecular flexibility index (Phi) is 4.58. The molecule has 1 aliphatic heterocycles. The van der Waals surface area contributed by atoms with Crippen molar-refractivity contribution in [2.75, 3.05) is 13.1 Å². The Hall–Kier alpha value is -0.930. The molecule has 2 unspecified atom stereocenters. The minimum absolute atomic E-state index is 0.106. The number of hydrogen-bond donors (Lipinski definition) is 2. The highest BCUT2D eigenvalue weighted by atomic mass is 19.1. The molecule has 0 bridgehead atoms. The van der Waals surface area contributed by atoms with Crippen molar-refractivity contribution in [2.45, 2.75) is 45.7 Å². The van der Waals surface area contributed by atoms with E-state index < -0.39 is 0 Å². The molecule has 0 amide bonds. The van der Waals surface area contributed by atoms with Crippen molar-refractivity contribution in [3.05, 3.63) is 35.6 Å². The monoisotopic (exact) mass is 264 g/mol. The molecule has 3 heteroatoms. The van der Waals surface area contributed by atoms with Crippen molar-refractivity contribution in [1.82, 2.24) is 10.6 Å². The molecule has 2 rings (SSSR count). The first-order chi connectivity index (χ1) is 8.97. The molecule has 0 aliphatic carbocycles. The number of hydrogen-bond acceptors (Lipinski definition) is 2. The highest BCUT2D eigenvalue weighted by molar-refractivity contribution is 5.22. The average Bonchev–Trinajstić information content (AvgIpc) is 2.37. The zero-order valence-electron chi connectivity index (χ0n) is 12.2. The lowest BCUT2D eigenvalue weighted by Gasteiger charge is -2.37. The van der Waals surface area contributed by atoms with Crippen LogP contribution in [0.3, 0.4) is 0 Å². The third-order valence-electron chi connectivity index (χ3n) is 3.77. The fourth-order valence-electron chi connectivity index (χ4n) is 2.73. The zero-order valence-corrected chi connectivity index (χ0v) is 12.2. The lowest BCUT2D eigenvalue weighted by atomic mass is 9.81. The van der Waals surface area contributed by atoms with E-state index in [1.807, 2.05) is 12.1 Å². The summed E-state index contributed by atoms with van der Waals surface area (Å²) in [4.78, 5) is 0. The summed E-state index contributed by atoms with van der Waals surface area (Å²) in [6.07, 6.45) is 2.43. The largest absolute Gasteiger partial charge is 0.315 e. The van der Waals surface area contributed by atoms with Gasteiger partial charge in [-0.25, -0.2) is 4.39 Å². The van der Waals surface area contributed by atoms with Crippen molar-refractivity contribution in [2.24, 2.45) is 5.41 Å². The van der Waals surface area contributed by atoms with Crippen molar-refractivity contribution < 1.29 is 4.39 Å². The van der Waals surface area contributed by atoms with Crippen LogP contribution in [0.4, 0.5) is 4.39 Å². The highest BCUT2D eigenvalue weighted by Crippen LogP contribution is 2.33. The maximum atomic E-state index is 13.1. The van der Waals surface area contributed by atoms with Gasteiger partial charge >= 0.3 is 0 Å². The Morgan fingerprint density at radius 1 is 1.26 bits per heavy atom. The van der Waals surface area contributed by atoms with Crippen molar-refractivity contribution >= 4 is 0 Å². The lowest BCUT2D eigenvalue weighted by molar-refractivity contribution is 0.231. The van der Waals surface area contributed by atoms with Crippen molar-refractivity contribution in [3.8, 4) is 0 Å². The van der Waals surface area contributed by atoms with Gasteiger partial charge < -0.3 is 10.6 Å². The molecule has 2 N–H and O–H groups in total. The van der Waals surface area contributed by atoms with E-state index in [1.54, 1.807) is 12.1 Å². The molecule has 1 saturated heterocycles. The van der Waals surface area contributed by atoms with Crippen LogP contribution in [0, 0.1) is 11.2 Å². The molecule has 1 heterocycles. The topological polar surface area (TPSA) is 24.1 Å². The maximum Gasteiger partial charge on any atom is 0.123 e. The summed E-state index contributed by atoms with van der Waals surface area (Å²) < 4.78 is 13.1. The lowest BCUT2D eigenvalue weighted by Crippen LogP contribution is -2.47. The second-order valence-electron chi connectivity index (χ2n) is 6.56. The predicted molar refractivity (Wildman–Crippen MR) is 77.6 cm³/mol. The average molecular weight is 264 g/mol. The molecule has 1 aromatic carbocycles. The Labute approximate surface area is 115 Å². The van der Waals surface area contributed by atoms with Crippen LogP contribution in [0.5, 0.6) is 0 Å². The second kappa shape index (κ2) is 6.02. The Morgan fingerprint density at radius 2 is 1.95 bits per heavy atom. The molecular formula is C16H25FN2. The molecule has 2 atom stereocenters. The standard InChI is InChI=1S/C16H25FN2/c1-16(2,3)15(12-6-8-13(17)9-7-12)19-14-5-4-10-18-11-14/h6-9,14-15,18-19H,4-5,10-11H2,1-3H3. The molecule has 0 saturated carbocycles. The molecule has 19 heavy (non-hydrogen) atoms. The van der Waals surface area contributed by atoms with Crippen molar-refractivity contribution in [1.29, 1.82) is 0 Å². The molecule has 1 fully saturated rings. The summed E-state index contributed by atoms with van der Waals surface area (Å²) in [5.74, 6) is -0.171. The van der Waals surface area contributed by atoms with E-state index >= 15 is 0 Å². The zero-order chi connectivity index (χ0) is 13.9. The van der Waals surface area contributed by atoms with Crippen molar-refractivity contribution in [3.63, 3.8) is 0 Å². The normalized spacial score (nSPS) is 22.2. The summed E-state index contributed by atoms with van der Waals surface area (Å²) in [5, 5.41) is 7.18. The predicted octanol–water partition coefficient (Wildman–Crippen LogP) is 3.25. The van der Waals surface area contributed by atoms with Crippen LogP contribution < -0.4 is 10.6 Å². The van der Waals surface area contributed by atoms with E-state index in [0.29, 0.717) is 6.04 Å². The fourth-order valence-corrected chi connectivity index (χ4v) is 2.73. The highest BCUT2D eigenvalue weighted by Gasteiger charge is 2.28. The smallest absolute Gasteiger partial charge is 0.123 e. The van der Waals surface area contributed by atoms with E-state index in [-0.39, 0.29) is 17.3 Å². The molecule has 0 radical (unpaired) electrons.